The number of halogens is 3. The summed E-state index contributed by atoms with van der Waals surface area (Å²) in [6.07, 6.45) is 0. The van der Waals surface area contributed by atoms with Gasteiger partial charge >= 0.3 is 126 Å². The Morgan fingerprint density at radius 1 is 1.06 bits per heavy atom. The Balaban J connectivity index is 3.16. The first kappa shape index (κ1) is 15.9. The average molecular weight is 378 g/mol. The Labute approximate surface area is 125 Å². The molecule has 1 nitrogen and oxygen atoms in total. The molecule has 0 heterocycles. The Morgan fingerprint density at radius 3 is 1.88 bits per heavy atom. The van der Waals surface area contributed by atoms with Gasteiger partial charge in [0.1, 0.15) is 0 Å². The number of rotatable bonds is 2. The van der Waals surface area contributed by atoms with Gasteiger partial charge in [0, 0.05) is 0 Å². The second-order valence-electron chi connectivity index (χ2n) is 4.73. The third-order valence-electron chi connectivity index (χ3n) is 2.36. The van der Waals surface area contributed by atoms with Crippen LogP contribution in [0.25, 0.3) is 0 Å². The van der Waals surface area contributed by atoms with Gasteiger partial charge in [-0.05, 0) is 0 Å². The molecular weight excluding hydrogens is 362 g/mol. The van der Waals surface area contributed by atoms with Gasteiger partial charge in [0.2, 0.25) is 0 Å². The second kappa shape index (κ2) is 5.45. The molecule has 0 radical (unpaired) electrons. The van der Waals surface area contributed by atoms with Crippen LogP contribution in [0.15, 0.2) is 30.3 Å². The topological polar surface area (TPSA) is 12.0 Å². The first-order valence-corrected chi connectivity index (χ1v) is 10.2. The van der Waals surface area contributed by atoms with Gasteiger partial charge in [-0.3, -0.25) is 0 Å². The van der Waals surface area contributed by atoms with E-state index in [0.29, 0.717) is 0 Å². The number of nitrogens with one attached hydrogen (secondary N) is 1. The summed E-state index contributed by atoms with van der Waals surface area (Å²) in [5.74, 6) is 0. The summed E-state index contributed by atoms with van der Waals surface area (Å²) in [5.41, 5.74) is -1.18. The van der Waals surface area contributed by atoms with Crippen LogP contribution in [0.5, 0.6) is 0 Å². The summed E-state index contributed by atoms with van der Waals surface area (Å²) in [6.45, 7) is 6.19. The normalized spacial score (nSPS) is 16.4. The fraction of sp³-hybridized carbons (Fsp3) is 0.455. The van der Waals surface area contributed by atoms with Gasteiger partial charge in [0.05, 0.1) is 0 Å². The quantitative estimate of drug-likeness (QED) is 0.422. The third kappa shape index (κ3) is 3.66. The second-order valence-corrected chi connectivity index (χ2v) is 14.7. The average Bonchev–Trinajstić information content (AvgIpc) is 2.15. The molecule has 0 amide bonds. The minimum atomic E-state index is -2.14. The molecule has 0 aliphatic rings. The molecule has 0 aliphatic carbocycles. The van der Waals surface area contributed by atoms with E-state index in [2.05, 4.69) is 41.0 Å². The molecule has 1 aromatic carbocycles. The van der Waals surface area contributed by atoms with Gasteiger partial charge < -0.3 is 0 Å². The summed E-state index contributed by atoms with van der Waals surface area (Å²) in [4.78, 5) is 0. The van der Waals surface area contributed by atoms with Crippen molar-refractivity contribution in [1.29, 1.82) is 0 Å². The van der Waals surface area contributed by atoms with Crippen molar-refractivity contribution < 1.29 is 0 Å². The van der Waals surface area contributed by atoms with Crippen LogP contribution < -0.4 is 5.09 Å². The maximum atomic E-state index is 6.16. The summed E-state index contributed by atoms with van der Waals surface area (Å²) < 4.78 is -1.35. The SMILES string of the molecule is CC(C)(C)P(=[Se])(Nc1ccccc1)C(Cl)(Cl)Cl. The van der Waals surface area contributed by atoms with Crippen molar-refractivity contribution in [2.45, 2.75) is 29.5 Å². The molecule has 96 valence electrons. The van der Waals surface area contributed by atoms with Gasteiger partial charge in [-0.15, -0.1) is 0 Å². The van der Waals surface area contributed by atoms with Gasteiger partial charge in [-0.1, -0.05) is 0 Å². The van der Waals surface area contributed by atoms with Crippen LogP contribution in [0, 0.1) is 0 Å². The molecule has 1 rings (SSSR count). The molecule has 0 spiro atoms. The van der Waals surface area contributed by atoms with Crippen LogP contribution in [0.2, 0.25) is 0 Å². The molecule has 0 fully saturated rings. The number of alkyl halides is 3. The van der Waals surface area contributed by atoms with Crippen LogP contribution in [0.3, 0.4) is 0 Å². The van der Waals surface area contributed by atoms with E-state index in [9.17, 15) is 0 Å². The fourth-order valence-corrected chi connectivity index (χ4v) is 6.37. The standard InChI is InChI=1S/C11H15Cl3NPSe/c1-10(2,3)16(17,11(12,13)14)15-9-7-5-4-6-8-9/h4-8H,1-3H3,(H,15,17). The van der Waals surface area contributed by atoms with E-state index >= 15 is 0 Å². The van der Waals surface area contributed by atoms with E-state index in [1.54, 1.807) is 0 Å². The Bertz CT molecular complexity index is 405. The fourth-order valence-electron chi connectivity index (χ4n) is 1.31. The summed E-state index contributed by atoms with van der Waals surface area (Å²) in [5, 5.41) is 3.24. The van der Waals surface area contributed by atoms with Gasteiger partial charge in [-0.2, -0.15) is 0 Å². The molecule has 6 heteroatoms. The van der Waals surface area contributed by atoms with Crippen LogP contribution in [0.4, 0.5) is 5.69 Å². The van der Waals surface area contributed by atoms with Crippen molar-refractivity contribution in [3.8, 4) is 0 Å². The zero-order valence-electron chi connectivity index (χ0n) is 9.88. The molecule has 1 aromatic rings. The van der Waals surface area contributed by atoms with Crippen molar-refractivity contribution >= 4 is 61.2 Å². The predicted octanol–water partition coefficient (Wildman–Crippen LogP) is 5.24. The van der Waals surface area contributed by atoms with Crippen LogP contribution >= 0.6 is 40.5 Å². The molecule has 1 N–H and O–H groups in total. The molecule has 0 aliphatic heterocycles. The van der Waals surface area contributed by atoms with Crippen molar-refractivity contribution in [3.63, 3.8) is 0 Å². The number of hydrogen-bond donors (Lipinski definition) is 1. The van der Waals surface area contributed by atoms with E-state index in [0.717, 1.165) is 5.69 Å². The Kier molecular flexibility index (Phi) is 5.10. The van der Waals surface area contributed by atoms with Crippen LogP contribution in [-0.2, 0) is 0 Å². The molecular formula is C11H15Cl3NPSe. The van der Waals surface area contributed by atoms with Gasteiger partial charge in [-0.25, -0.2) is 0 Å². The molecule has 1 unspecified atom stereocenters. The number of hydrogen-bond acceptors (Lipinski definition) is 1. The van der Waals surface area contributed by atoms with Crippen molar-refractivity contribution in [2.24, 2.45) is 0 Å². The van der Waals surface area contributed by atoms with Gasteiger partial charge in [0.15, 0.2) is 0 Å². The van der Waals surface area contributed by atoms with E-state index in [1.807, 2.05) is 30.3 Å². The molecule has 17 heavy (non-hydrogen) atoms. The summed E-state index contributed by atoms with van der Waals surface area (Å²) in [7, 11) is 0. The molecule has 0 bridgehead atoms. The zero-order chi connectivity index (χ0) is 13.3. The number of anilines is 1. The van der Waals surface area contributed by atoms with Crippen LogP contribution in [0.1, 0.15) is 20.8 Å². The van der Waals surface area contributed by atoms with Crippen molar-refractivity contribution in [2.75, 3.05) is 5.09 Å². The first-order chi connectivity index (χ1) is 7.58. The van der Waals surface area contributed by atoms with E-state index in [4.69, 9.17) is 34.8 Å². The molecule has 0 aromatic heterocycles. The summed E-state index contributed by atoms with van der Waals surface area (Å²) in [6, 6.07) is 9.79. The molecule has 1 atom stereocenters. The van der Waals surface area contributed by atoms with Crippen molar-refractivity contribution in [3.05, 3.63) is 30.3 Å². The van der Waals surface area contributed by atoms with Gasteiger partial charge in [0.25, 0.3) is 0 Å². The Hall–Kier alpha value is 0.839. The van der Waals surface area contributed by atoms with E-state index in [-0.39, 0.29) is 5.16 Å². The Morgan fingerprint density at radius 2 is 1.53 bits per heavy atom. The first-order valence-electron chi connectivity index (χ1n) is 5.08. The zero-order valence-corrected chi connectivity index (χ0v) is 14.8. The maximum absolute atomic E-state index is 6.16. The van der Waals surface area contributed by atoms with E-state index in [1.165, 1.54) is 0 Å². The molecule has 0 saturated carbocycles. The summed E-state index contributed by atoms with van der Waals surface area (Å²) >= 11 is 21.6. The monoisotopic (exact) mass is 377 g/mol. The third-order valence-corrected chi connectivity index (χ3v) is 15.6. The van der Waals surface area contributed by atoms with Crippen LogP contribution in [-0.4, -0.2) is 23.8 Å². The number of benzene rings is 1. The minimum absolute atomic E-state index is 0.159. The molecule has 0 saturated heterocycles. The number of para-hydroxylation sites is 1. The predicted molar refractivity (Wildman–Crippen MR) is 82.8 cm³/mol. The van der Waals surface area contributed by atoms with E-state index < -0.39 is 9.19 Å². The van der Waals surface area contributed by atoms with Crippen molar-refractivity contribution in [1.82, 2.24) is 0 Å².